The highest BCUT2D eigenvalue weighted by molar-refractivity contribution is 6.30. The molecule has 0 bridgehead atoms. The Balaban J connectivity index is 1.72. The highest BCUT2D eigenvalue weighted by Gasteiger charge is 2.19. The average molecular weight is 405 g/mol. The van der Waals surface area contributed by atoms with E-state index in [0.29, 0.717) is 22.3 Å². The number of aromatic nitrogens is 3. The van der Waals surface area contributed by atoms with Gasteiger partial charge in [-0.2, -0.15) is 0 Å². The Morgan fingerprint density at radius 1 is 1.00 bits per heavy atom. The summed E-state index contributed by atoms with van der Waals surface area (Å²) in [6, 6.07) is 23.9. The molecule has 29 heavy (non-hydrogen) atoms. The van der Waals surface area contributed by atoms with Crippen LogP contribution in [0.25, 0.3) is 17.1 Å². The van der Waals surface area contributed by atoms with Gasteiger partial charge in [-0.25, -0.2) is 9.67 Å². The van der Waals surface area contributed by atoms with Crippen molar-refractivity contribution < 1.29 is 9.53 Å². The maximum absolute atomic E-state index is 12.8. The summed E-state index contributed by atoms with van der Waals surface area (Å²) in [6.07, 6.45) is 0. The van der Waals surface area contributed by atoms with Crippen LogP contribution in [-0.2, 0) is 0 Å². The second-order valence-electron chi connectivity index (χ2n) is 6.20. The molecule has 0 atom stereocenters. The van der Waals surface area contributed by atoms with E-state index >= 15 is 0 Å². The molecule has 7 heteroatoms. The quantitative estimate of drug-likeness (QED) is 0.516. The molecule has 0 spiro atoms. The summed E-state index contributed by atoms with van der Waals surface area (Å²) in [5.74, 6) is 0.834. The summed E-state index contributed by atoms with van der Waals surface area (Å²) in [5, 5.41) is 7.88. The predicted octanol–water partition coefficient (Wildman–Crippen LogP) is 4.85. The van der Waals surface area contributed by atoms with Crippen LogP contribution in [0.15, 0.2) is 78.9 Å². The second kappa shape index (κ2) is 8.16. The number of carbonyl (C=O) groups is 1. The van der Waals surface area contributed by atoms with E-state index in [9.17, 15) is 4.79 Å². The fourth-order valence-corrected chi connectivity index (χ4v) is 2.96. The van der Waals surface area contributed by atoms with Crippen LogP contribution in [0.5, 0.6) is 5.75 Å². The van der Waals surface area contributed by atoms with Crippen molar-refractivity contribution in [1.29, 1.82) is 0 Å². The first-order valence-electron chi connectivity index (χ1n) is 8.88. The molecule has 1 amide bonds. The Labute approximate surface area is 172 Å². The molecule has 0 fully saturated rings. The van der Waals surface area contributed by atoms with Gasteiger partial charge in [0.2, 0.25) is 5.82 Å². The first-order valence-corrected chi connectivity index (χ1v) is 9.25. The molecule has 4 aromatic rings. The van der Waals surface area contributed by atoms with Crippen molar-refractivity contribution in [3.63, 3.8) is 0 Å². The number of rotatable bonds is 5. The maximum Gasteiger partial charge on any atom is 0.295 e. The number of nitrogens with one attached hydrogen (secondary N) is 1. The number of ether oxygens (including phenoxy) is 1. The number of nitrogens with zero attached hydrogens (tertiary/aromatic N) is 3. The average Bonchev–Trinajstić information content (AvgIpc) is 3.21. The van der Waals surface area contributed by atoms with Crippen LogP contribution in [0.4, 0.5) is 5.69 Å². The first-order chi connectivity index (χ1) is 14.1. The lowest BCUT2D eigenvalue weighted by Crippen LogP contribution is -2.14. The molecular formula is C22H17ClN4O2. The molecule has 6 nitrogen and oxygen atoms in total. The van der Waals surface area contributed by atoms with E-state index in [1.165, 1.54) is 0 Å². The molecule has 144 valence electrons. The van der Waals surface area contributed by atoms with Gasteiger partial charge < -0.3 is 10.1 Å². The van der Waals surface area contributed by atoms with Crippen molar-refractivity contribution in [2.75, 3.05) is 12.4 Å². The summed E-state index contributed by atoms with van der Waals surface area (Å²) in [5.41, 5.74) is 2.19. The molecule has 4 rings (SSSR count). The summed E-state index contributed by atoms with van der Waals surface area (Å²) >= 11 is 6.01. The Morgan fingerprint density at radius 3 is 2.48 bits per heavy atom. The van der Waals surface area contributed by atoms with Gasteiger partial charge in [-0.3, -0.25) is 4.79 Å². The number of halogens is 1. The third kappa shape index (κ3) is 4.12. The van der Waals surface area contributed by atoms with Crippen molar-refractivity contribution in [1.82, 2.24) is 14.8 Å². The van der Waals surface area contributed by atoms with E-state index < -0.39 is 5.91 Å². The Hall–Kier alpha value is -3.64. The van der Waals surface area contributed by atoms with Crippen LogP contribution in [0.1, 0.15) is 10.6 Å². The van der Waals surface area contributed by atoms with Gasteiger partial charge in [0.1, 0.15) is 5.75 Å². The van der Waals surface area contributed by atoms with E-state index in [1.54, 1.807) is 48.2 Å². The molecule has 0 saturated carbocycles. The minimum absolute atomic E-state index is 0.0571. The van der Waals surface area contributed by atoms with Gasteiger partial charge in [0.15, 0.2) is 5.82 Å². The third-order valence-corrected chi connectivity index (χ3v) is 4.49. The zero-order valence-corrected chi connectivity index (χ0v) is 16.3. The van der Waals surface area contributed by atoms with E-state index in [-0.39, 0.29) is 5.82 Å². The van der Waals surface area contributed by atoms with Crippen molar-refractivity contribution in [2.45, 2.75) is 0 Å². The van der Waals surface area contributed by atoms with Gasteiger partial charge in [-0.15, -0.1) is 5.10 Å². The monoisotopic (exact) mass is 404 g/mol. The zero-order chi connectivity index (χ0) is 20.2. The third-order valence-electron chi connectivity index (χ3n) is 4.24. The highest BCUT2D eigenvalue weighted by atomic mass is 35.5. The largest absolute Gasteiger partial charge is 0.497 e. The molecule has 1 aromatic heterocycles. The van der Waals surface area contributed by atoms with Crippen LogP contribution < -0.4 is 10.1 Å². The number of carbonyl (C=O) groups excluding carboxylic acids is 1. The number of para-hydroxylation sites is 1. The standard InChI is InChI=1S/C22H17ClN4O2/c1-29-19-9-5-6-17(14-19)24-22(28)20-25-21(15-10-12-16(23)13-11-15)27(26-20)18-7-3-2-4-8-18/h2-14H,1H3,(H,24,28). The fraction of sp³-hybridized carbons (Fsp3) is 0.0455. The lowest BCUT2D eigenvalue weighted by molar-refractivity contribution is 0.101. The molecule has 0 aliphatic carbocycles. The summed E-state index contributed by atoms with van der Waals surface area (Å²) in [7, 11) is 1.57. The van der Waals surface area contributed by atoms with E-state index in [4.69, 9.17) is 16.3 Å². The number of hydrogen-bond acceptors (Lipinski definition) is 4. The van der Waals surface area contributed by atoms with Gasteiger partial charge in [0, 0.05) is 22.3 Å². The van der Waals surface area contributed by atoms with Crippen LogP contribution in [0.2, 0.25) is 5.02 Å². The van der Waals surface area contributed by atoms with Crippen molar-refractivity contribution in [2.24, 2.45) is 0 Å². The molecule has 0 aliphatic rings. The van der Waals surface area contributed by atoms with Gasteiger partial charge >= 0.3 is 0 Å². The molecule has 0 saturated heterocycles. The molecule has 0 aliphatic heterocycles. The van der Waals surface area contributed by atoms with Crippen LogP contribution in [0.3, 0.4) is 0 Å². The molecular weight excluding hydrogens is 388 g/mol. The SMILES string of the molecule is COc1cccc(NC(=O)c2nc(-c3ccc(Cl)cc3)n(-c3ccccc3)n2)c1. The topological polar surface area (TPSA) is 69.0 Å². The van der Waals surface area contributed by atoms with E-state index in [2.05, 4.69) is 15.4 Å². The fourth-order valence-electron chi connectivity index (χ4n) is 2.83. The molecule has 0 unspecified atom stereocenters. The summed E-state index contributed by atoms with van der Waals surface area (Å²) in [6.45, 7) is 0. The normalized spacial score (nSPS) is 10.6. The van der Waals surface area contributed by atoms with Crippen molar-refractivity contribution in [3.05, 3.63) is 89.7 Å². The first kappa shape index (κ1) is 18.7. The summed E-state index contributed by atoms with van der Waals surface area (Å²) < 4.78 is 6.84. The van der Waals surface area contributed by atoms with Gasteiger partial charge in [-0.1, -0.05) is 35.9 Å². The summed E-state index contributed by atoms with van der Waals surface area (Å²) in [4.78, 5) is 17.3. The van der Waals surface area contributed by atoms with E-state index in [0.717, 1.165) is 11.3 Å². The Bertz CT molecular complexity index is 1140. The minimum Gasteiger partial charge on any atom is -0.497 e. The number of methoxy groups -OCH3 is 1. The highest BCUT2D eigenvalue weighted by Crippen LogP contribution is 2.24. The predicted molar refractivity (Wildman–Crippen MR) is 113 cm³/mol. The van der Waals surface area contributed by atoms with Crippen molar-refractivity contribution in [3.8, 4) is 22.8 Å². The Kier molecular flexibility index (Phi) is 5.27. The van der Waals surface area contributed by atoms with Gasteiger partial charge in [-0.05, 0) is 48.5 Å². The molecule has 1 N–H and O–H groups in total. The van der Waals surface area contributed by atoms with Gasteiger partial charge in [0.25, 0.3) is 5.91 Å². The lowest BCUT2D eigenvalue weighted by Gasteiger charge is -2.05. The van der Waals surface area contributed by atoms with Crippen molar-refractivity contribution >= 4 is 23.2 Å². The zero-order valence-electron chi connectivity index (χ0n) is 15.5. The number of hydrogen-bond donors (Lipinski definition) is 1. The maximum atomic E-state index is 12.8. The molecule has 1 heterocycles. The van der Waals surface area contributed by atoms with E-state index in [1.807, 2.05) is 42.5 Å². The molecule has 0 radical (unpaired) electrons. The minimum atomic E-state index is -0.414. The smallest absolute Gasteiger partial charge is 0.295 e. The molecule has 3 aromatic carbocycles. The van der Waals surface area contributed by atoms with Crippen LogP contribution in [-0.4, -0.2) is 27.8 Å². The van der Waals surface area contributed by atoms with Crippen LogP contribution >= 0.6 is 11.6 Å². The Morgan fingerprint density at radius 2 is 1.76 bits per heavy atom. The van der Waals surface area contributed by atoms with Gasteiger partial charge in [0.05, 0.1) is 12.8 Å². The van der Waals surface area contributed by atoms with Crippen LogP contribution in [0, 0.1) is 0 Å². The number of benzene rings is 3. The number of amides is 1. The lowest BCUT2D eigenvalue weighted by atomic mass is 10.2. The second-order valence-corrected chi connectivity index (χ2v) is 6.64. The number of anilines is 1.